The summed E-state index contributed by atoms with van der Waals surface area (Å²) in [4.78, 5) is 12.3. The van der Waals surface area contributed by atoms with Crippen LogP contribution in [0.25, 0.3) is 34.2 Å². The molecule has 1 aliphatic rings. The zero-order chi connectivity index (χ0) is 21.5. The molecule has 10 nitrogen and oxygen atoms in total. The predicted molar refractivity (Wildman–Crippen MR) is 114 cm³/mol. The Morgan fingerprint density at radius 1 is 1.10 bits per heavy atom. The number of ether oxygens (including phenoxy) is 2. The maximum atomic E-state index is 12.3. The average molecular weight is 419 g/mol. The van der Waals surface area contributed by atoms with Gasteiger partial charge in [0.05, 0.1) is 34.2 Å². The minimum Gasteiger partial charge on any atom is -0.467 e. The monoisotopic (exact) mass is 419 g/mol. The van der Waals surface area contributed by atoms with Gasteiger partial charge in [0.2, 0.25) is 11.8 Å². The Kier molecular flexibility index (Phi) is 4.46. The van der Waals surface area contributed by atoms with Crippen molar-refractivity contribution < 1.29 is 14.3 Å². The van der Waals surface area contributed by atoms with Gasteiger partial charge in [0, 0.05) is 19.5 Å². The van der Waals surface area contributed by atoms with Crippen LogP contribution in [0.4, 0.5) is 0 Å². The van der Waals surface area contributed by atoms with Crippen molar-refractivity contribution in [3.05, 3.63) is 41.3 Å². The second-order valence-electron chi connectivity index (χ2n) is 7.29. The molecule has 1 amide bonds. The molecule has 2 N–H and O–H groups in total. The van der Waals surface area contributed by atoms with Crippen LogP contribution in [0.5, 0.6) is 11.8 Å². The van der Waals surface area contributed by atoms with Crippen LogP contribution in [-0.4, -0.2) is 49.0 Å². The Morgan fingerprint density at radius 3 is 2.84 bits per heavy atom. The number of aromatic amines is 1. The van der Waals surface area contributed by atoms with Crippen molar-refractivity contribution >= 4 is 29.0 Å². The highest BCUT2D eigenvalue weighted by molar-refractivity contribution is 5.93. The van der Waals surface area contributed by atoms with Crippen LogP contribution in [0.2, 0.25) is 0 Å². The topological polar surface area (TPSA) is 112 Å². The lowest BCUT2D eigenvalue weighted by Crippen LogP contribution is -2.32. The normalized spacial score (nSPS) is 15.1. The molecular formula is C21H21N7O3. The summed E-state index contributed by atoms with van der Waals surface area (Å²) in [6.07, 6.45) is 5.59. The number of hydrogen-bond donors (Lipinski definition) is 2. The molecule has 10 heteroatoms. The smallest absolute Gasteiger partial charge is 0.260 e. The van der Waals surface area contributed by atoms with Gasteiger partial charge in [0.15, 0.2) is 13.3 Å². The minimum absolute atomic E-state index is 0.00882. The number of rotatable bonds is 0. The number of hydrogen-bond acceptors (Lipinski definition) is 6. The molecule has 0 saturated heterocycles. The molecule has 0 radical (unpaired) electrons. The quantitative estimate of drug-likeness (QED) is 0.451. The third kappa shape index (κ3) is 3.31. The van der Waals surface area contributed by atoms with Crippen LogP contribution in [0, 0.1) is 6.92 Å². The van der Waals surface area contributed by atoms with Crippen LogP contribution in [0.3, 0.4) is 0 Å². The molecule has 0 aliphatic carbocycles. The first-order valence-corrected chi connectivity index (χ1v) is 9.75. The fourth-order valence-corrected chi connectivity index (χ4v) is 3.67. The Balaban J connectivity index is 1.66. The second kappa shape index (κ2) is 7.31. The van der Waals surface area contributed by atoms with Crippen LogP contribution in [0.1, 0.15) is 17.0 Å². The Hall–Kier alpha value is -4.08. The molecule has 0 saturated carbocycles. The standard InChI is InChI=1S/C21H21N7O3/c1-12-14-5-7-18-15-8-13(4-6-17(15)24-25-18)16-9-23-27(2)21(16)31-11-22-19(29)10-30-20(14)28(3)26-12/h4-9H,10-11H2,1-3H3,(H,22,29)(H,24,25)/b7-5+. The third-order valence-electron chi connectivity index (χ3n) is 5.23. The highest BCUT2D eigenvalue weighted by Crippen LogP contribution is 2.33. The minimum atomic E-state index is -0.304. The van der Waals surface area contributed by atoms with Crippen molar-refractivity contribution in [1.29, 1.82) is 0 Å². The molecule has 0 atom stereocenters. The van der Waals surface area contributed by atoms with Gasteiger partial charge in [-0.1, -0.05) is 6.07 Å². The molecule has 4 heterocycles. The maximum absolute atomic E-state index is 12.3. The third-order valence-corrected chi connectivity index (χ3v) is 5.23. The van der Waals surface area contributed by atoms with E-state index < -0.39 is 0 Å². The van der Waals surface area contributed by atoms with Crippen molar-refractivity contribution in [3.63, 3.8) is 0 Å². The number of H-pyrrole nitrogens is 1. The highest BCUT2D eigenvalue weighted by atomic mass is 16.5. The number of nitrogens with zero attached hydrogens (tertiary/aromatic N) is 5. The average Bonchev–Trinajstić information content (AvgIpc) is 3.39. The number of carbonyl (C=O) groups excluding carboxylic acids is 1. The molecule has 1 aliphatic heterocycles. The summed E-state index contributed by atoms with van der Waals surface area (Å²) in [5.74, 6) is 0.759. The molecule has 2 bridgehead atoms. The summed E-state index contributed by atoms with van der Waals surface area (Å²) in [6, 6.07) is 5.96. The van der Waals surface area contributed by atoms with Crippen molar-refractivity contribution in [3.8, 4) is 22.9 Å². The van der Waals surface area contributed by atoms with Crippen molar-refractivity contribution in [2.45, 2.75) is 6.92 Å². The van der Waals surface area contributed by atoms with Crippen LogP contribution in [-0.2, 0) is 18.9 Å². The van der Waals surface area contributed by atoms with Gasteiger partial charge in [-0.3, -0.25) is 9.89 Å². The lowest BCUT2D eigenvalue weighted by Gasteiger charge is -2.12. The molecular weight excluding hydrogens is 398 g/mol. The van der Waals surface area contributed by atoms with Crippen molar-refractivity contribution in [2.24, 2.45) is 14.1 Å². The Labute approximate surface area is 177 Å². The lowest BCUT2D eigenvalue weighted by atomic mass is 10.1. The number of aromatic nitrogens is 6. The maximum Gasteiger partial charge on any atom is 0.260 e. The van der Waals surface area contributed by atoms with E-state index in [1.807, 2.05) is 37.3 Å². The summed E-state index contributed by atoms with van der Waals surface area (Å²) in [7, 11) is 3.57. The van der Waals surface area contributed by atoms with Gasteiger partial charge in [-0.25, -0.2) is 9.36 Å². The molecule has 4 aromatic rings. The van der Waals surface area contributed by atoms with Crippen LogP contribution in [0.15, 0.2) is 24.4 Å². The van der Waals surface area contributed by atoms with Gasteiger partial charge in [-0.2, -0.15) is 15.3 Å². The fraction of sp³-hybridized carbons (Fsp3) is 0.238. The molecule has 0 fully saturated rings. The molecule has 158 valence electrons. The first kappa shape index (κ1) is 18.9. The van der Waals surface area contributed by atoms with E-state index >= 15 is 0 Å². The van der Waals surface area contributed by atoms with E-state index in [0.29, 0.717) is 11.8 Å². The molecule has 0 unspecified atom stereocenters. The Bertz CT molecular complexity index is 1330. The van der Waals surface area contributed by atoms with Gasteiger partial charge in [-0.05, 0) is 36.8 Å². The fourth-order valence-electron chi connectivity index (χ4n) is 3.67. The van der Waals surface area contributed by atoms with Gasteiger partial charge >= 0.3 is 0 Å². The van der Waals surface area contributed by atoms with E-state index in [1.165, 1.54) is 0 Å². The number of fused-ring (bicyclic) bond motifs is 4. The zero-order valence-corrected chi connectivity index (χ0v) is 17.3. The van der Waals surface area contributed by atoms with Crippen LogP contribution >= 0.6 is 0 Å². The number of benzene rings is 1. The molecule has 31 heavy (non-hydrogen) atoms. The molecule has 0 spiro atoms. The Morgan fingerprint density at radius 2 is 1.97 bits per heavy atom. The number of aryl methyl sites for hydroxylation is 3. The molecule has 3 aromatic heterocycles. The van der Waals surface area contributed by atoms with Crippen LogP contribution < -0.4 is 14.8 Å². The number of carbonyl (C=O) groups is 1. The van der Waals surface area contributed by atoms with Gasteiger partial charge in [0.1, 0.15) is 0 Å². The summed E-state index contributed by atoms with van der Waals surface area (Å²) in [5, 5.41) is 19.9. The van der Waals surface area contributed by atoms with E-state index in [9.17, 15) is 4.79 Å². The molecule has 1 aromatic carbocycles. The SMILES string of the molecule is Cc1nn(C)c2c1/C=C/c1[nH]nc3ccc(cc13)-c1cnn(C)c1OCNC(=O)CO2. The summed E-state index contributed by atoms with van der Waals surface area (Å²) in [5.41, 5.74) is 5.05. The van der Waals surface area contributed by atoms with Crippen molar-refractivity contribution in [1.82, 2.24) is 35.1 Å². The summed E-state index contributed by atoms with van der Waals surface area (Å²) >= 11 is 0. The van der Waals surface area contributed by atoms with Gasteiger partial charge < -0.3 is 14.8 Å². The number of amides is 1. The van der Waals surface area contributed by atoms with Crippen molar-refractivity contribution in [2.75, 3.05) is 13.3 Å². The van der Waals surface area contributed by atoms with Gasteiger partial charge in [-0.15, -0.1) is 0 Å². The largest absolute Gasteiger partial charge is 0.467 e. The zero-order valence-electron chi connectivity index (χ0n) is 17.3. The van der Waals surface area contributed by atoms with E-state index in [1.54, 1.807) is 29.7 Å². The van der Waals surface area contributed by atoms with E-state index in [2.05, 4.69) is 25.7 Å². The second-order valence-corrected chi connectivity index (χ2v) is 7.29. The first-order chi connectivity index (χ1) is 15.0. The predicted octanol–water partition coefficient (Wildman–Crippen LogP) is 2.02. The lowest BCUT2D eigenvalue weighted by molar-refractivity contribution is -0.124. The highest BCUT2D eigenvalue weighted by Gasteiger charge is 2.17. The van der Waals surface area contributed by atoms with E-state index in [-0.39, 0.29) is 19.2 Å². The van der Waals surface area contributed by atoms with E-state index in [4.69, 9.17) is 9.47 Å². The summed E-state index contributed by atoms with van der Waals surface area (Å²) in [6.45, 7) is 1.73. The summed E-state index contributed by atoms with van der Waals surface area (Å²) < 4.78 is 14.8. The number of nitrogens with one attached hydrogen (secondary N) is 2. The van der Waals surface area contributed by atoms with Gasteiger partial charge in [0.25, 0.3) is 5.91 Å². The molecule has 5 rings (SSSR count). The van der Waals surface area contributed by atoms with E-state index in [0.717, 1.165) is 39.0 Å². The first-order valence-electron chi connectivity index (χ1n) is 9.75.